The lowest BCUT2D eigenvalue weighted by atomic mass is 10.3. The van der Waals surface area contributed by atoms with Crippen LogP contribution >= 0.6 is 45.2 Å². The minimum absolute atomic E-state index is 0.885. The van der Waals surface area contributed by atoms with Gasteiger partial charge in [-0.1, -0.05) is 29.5 Å². The van der Waals surface area contributed by atoms with E-state index in [0.29, 0.717) is 0 Å². The van der Waals surface area contributed by atoms with Crippen LogP contribution in [0.1, 0.15) is 0 Å². The fourth-order valence-corrected chi connectivity index (χ4v) is 2.64. The highest BCUT2D eigenvalue weighted by Gasteiger charge is 2.03. The largest absolute Gasteiger partial charge is 0.249 e. The van der Waals surface area contributed by atoms with Gasteiger partial charge in [-0.2, -0.15) is 0 Å². The SMILES string of the molecule is CN(N=Nc1ccccc1I)c1ccccc1I. The molecular weight excluding hydrogens is 452 g/mol. The van der Waals surface area contributed by atoms with Crippen LogP contribution in [0.5, 0.6) is 0 Å². The molecule has 2 aromatic rings. The molecule has 5 heteroatoms. The molecule has 0 N–H and O–H groups in total. The first-order valence-electron chi connectivity index (χ1n) is 5.33. The van der Waals surface area contributed by atoms with Crippen LogP contribution in [0.4, 0.5) is 11.4 Å². The van der Waals surface area contributed by atoms with Crippen molar-refractivity contribution >= 4 is 56.6 Å². The summed E-state index contributed by atoms with van der Waals surface area (Å²) in [5.74, 6) is 0. The van der Waals surface area contributed by atoms with Gasteiger partial charge in [0.1, 0.15) is 5.69 Å². The van der Waals surface area contributed by atoms with Gasteiger partial charge in [0.2, 0.25) is 0 Å². The highest BCUT2D eigenvalue weighted by atomic mass is 127. The molecule has 92 valence electrons. The zero-order valence-electron chi connectivity index (χ0n) is 9.72. The number of rotatable bonds is 3. The van der Waals surface area contributed by atoms with Crippen LogP contribution in [0.2, 0.25) is 0 Å². The minimum atomic E-state index is 0.885. The molecule has 0 fully saturated rings. The Balaban J connectivity index is 2.20. The van der Waals surface area contributed by atoms with E-state index >= 15 is 0 Å². The number of anilines is 1. The van der Waals surface area contributed by atoms with Crippen molar-refractivity contribution in [2.75, 3.05) is 12.1 Å². The van der Waals surface area contributed by atoms with Crippen LogP contribution < -0.4 is 5.01 Å². The molecule has 0 heterocycles. The molecule has 0 bridgehead atoms. The lowest BCUT2D eigenvalue weighted by molar-refractivity contribution is 0.919. The maximum absolute atomic E-state index is 4.26. The fourth-order valence-electron chi connectivity index (χ4n) is 1.41. The quantitative estimate of drug-likeness (QED) is 0.357. The number of hydrogen-bond donors (Lipinski definition) is 0. The molecule has 0 amide bonds. The molecule has 0 saturated carbocycles. The van der Waals surface area contributed by atoms with Crippen LogP contribution in [-0.2, 0) is 0 Å². The summed E-state index contributed by atoms with van der Waals surface area (Å²) in [6.45, 7) is 0. The van der Waals surface area contributed by atoms with Gasteiger partial charge in [-0.15, -0.1) is 5.11 Å². The number of benzene rings is 2. The third-order valence-corrected chi connectivity index (χ3v) is 4.16. The molecule has 18 heavy (non-hydrogen) atoms. The van der Waals surface area contributed by atoms with E-state index in [1.165, 1.54) is 0 Å². The summed E-state index contributed by atoms with van der Waals surface area (Å²) in [7, 11) is 1.90. The Labute approximate surface area is 134 Å². The lowest BCUT2D eigenvalue weighted by Gasteiger charge is -2.12. The molecule has 0 radical (unpaired) electrons. The second-order valence-electron chi connectivity index (χ2n) is 3.62. The molecule has 0 atom stereocenters. The van der Waals surface area contributed by atoms with Crippen molar-refractivity contribution in [3.05, 3.63) is 55.7 Å². The van der Waals surface area contributed by atoms with Crippen molar-refractivity contribution in [1.29, 1.82) is 0 Å². The Kier molecular flexibility index (Phi) is 4.93. The van der Waals surface area contributed by atoms with Gasteiger partial charge in [0.25, 0.3) is 0 Å². The first-order valence-corrected chi connectivity index (χ1v) is 7.48. The van der Waals surface area contributed by atoms with E-state index in [2.05, 4.69) is 55.5 Å². The van der Waals surface area contributed by atoms with Crippen molar-refractivity contribution in [2.45, 2.75) is 0 Å². The van der Waals surface area contributed by atoms with Crippen LogP contribution in [0.25, 0.3) is 0 Å². The van der Waals surface area contributed by atoms with Crippen LogP contribution in [0.3, 0.4) is 0 Å². The van der Waals surface area contributed by atoms with Gasteiger partial charge in [0, 0.05) is 14.2 Å². The van der Waals surface area contributed by atoms with Crippen molar-refractivity contribution in [2.24, 2.45) is 10.3 Å². The van der Waals surface area contributed by atoms with Gasteiger partial charge < -0.3 is 0 Å². The normalized spacial score (nSPS) is 10.8. The molecule has 0 unspecified atom stereocenters. The standard InChI is InChI=1S/C13H11I2N3/c1-18(13-9-5-3-7-11(13)15)17-16-12-8-4-2-6-10(12)14/h2-9H,1H3. The predicted octanol–water partition coefficient (Wildman–Crippen LogP) is 5.03. The molecule has 0 spiro atoms. The van der Waals surface area contributed by atoms with Gasteiger partial charge in [-0.25, -0.2) is 5.01 Å². The van der Waals surface area contributed by atoms with Crippen molar-refractivity contribution in [3.8, 4) is 0 Å². The van der Waals surface area contributed by atoms with Gasteiger partial charge in [0.05, 0.1) is 5.69 Å². The number of halogens is 2. The molecule has 0 aliphatic rings. The van der Waals surface area contributed by atoms with E-state index in [1.807, 2.05) is 55.6 Å². The Morgan fingerprint density at radius 2 is 1.50 bits per heavy atom. The lowest BCUT2D eigenvalue weighted by Crippen LogP contribution is -2.08. The molecule has 2 rings (SSSR count). The second-order valence-corrected chi connectivity index (χ2v) is 5.94. The van der Waals surface area contributed by atoms with Crippen LogP contribution in [0, 0.1) is 7.14 Å². The van der Waals surface area contributed by atoms with E-state index in [9.17, 15) is 0 Å². The summed E-state index contributed by atoms with van der Waals surface area (Å²) in [6, 6.07) is 16.0. The summed E-state index contributed by atoms with van der Waals surface area (Å²) in [5.41, 5.74) is 1.93. The molecule has 0 aromatic heterocycles. The average Bonchev–Trinajstić information content (AvgIpc) is 2.38. The summed E-state index contributed by atoms with van der Waals surface area (Å²) in [5, 5.41) is 10.3. The zero-order valence-corrected chi connectivity index (χ0v) is 14.0. The Morgan fingerprint density at radius 1 is 0.889 bits per heavy atom. The highest BCUT2D eigenvalue weighted by Crippen LogP contribution is 2.24. The van der Waals surface area contributed by atoms with E-state index in [1.54, 1.807) is 5.01 Å². The second kappa shape index (κ2) is 6.46. The maximum atomic E-state index is 4.26. The van der Waals surface area contributed by atoms with Crippen molar-refractivity contribution < 1.29 is 0 Å². The van der Waals surface area contributed by atoms with Gasteiger partial charge in [-0.05, 0) is 69.4 Å². The fraction of sp³-hybridized carbons (Fsp3) is 0.0769. The summed E-state index contributed by atoms with van der Waals surface area (Å²) in [4.78, 5) is 0. The molecular formula is C13H11I2N3. The number of para-hydroxylation sites is 1. The van der Waals surface area contributed by atoms with E-state index in [0.717, 1.165) is 18.5 Å². The minimum Gasteiger partial charge on any atom is -0.249 e. The predicted molar refractivity (Wildman–Crippen MR) is 91.2 cm³/mol. The van der Waals surface area contributed by atoms with Gasteiger partial charge in [0.15, 0.2) is 0 Å². The Morgan fingerprint density at radius 3 is 2.17 bits per heavy atom. The summed E-state index contributed by atoms with van der Waals surface area (Å²) in [6.07, 6.45) is 0. The summed E-state index contributed by atoms with van der Waals surface area (Å²) < 4.78 is 2.24. The average molecular weight is 463 g/mol. The Hall–Kier alpha value is -0.700. The third-order valence-electron chi connectivity index (χ3n) is 2.34. The molecule has 0 aliphatic heterocycles. The van der Waals surface area contributed by atoms with E-state index in [4.69, 9.17) is 0 Å². The Bertz CT molecular complexity index is 570. The van der Waals surface area contributed by atoms with Crippen molar-refractivity contribution in [1.82, 2.24) is 0 Å². The monoisotopic (exact) mass is 463 g/mol. The smallest absolute Gasteiger partial charge is 0.101 e. The first-order chi connectivity index (χ1) is 8.68. The number of nitrogens with zero attached hydrogens (tertiary/aromatic N) is 3. The van der Waals surface area contributed by atoms with Crippen LogP contribution in [-0.4, -0.2) is 7.05 Å². The van der Waals surface area contributed by atoms with Gasteiger partial charge >= 0.3 is 0 Å². The molecule has 2 aromatic carbocycles. The maximum Gasteiger partial charge on any atom is 0.101 e. The first kappa shape index (κ1) is 13.7. The topological polar surface area (TPSA) is 28.0 Å². The van der Waals surface area contributed by atoms with E-state index < -0.39 is 0 Å². The van der Waals surface area contributed by atoms with Crippen molar-refractivity contribution in [3.63, 3.8) is 0 Å². The molecule has 3 nitrogen and oxygen atoms in total. The summed E-state index contributed by atoms with van der Waals surface area (Å²) >= 11 is 4.55. The zero-order chi connectivity index (χ0) is 13.0. The van der Waals surface area contributed by atoms with E-state index in [-0.39, 0.29) is 0 Å². The van der Waals surface area contributed by atoms with Gasteiger partial charge in [-0.3, -0.25) is 0 Å². The molecule has 0 aliphatic carbocycles. The third kappa shape index (κ3) is 3.41. The molecule has 0 saturated heterocycles. The van der Waals surface area contributed by atoms with Crippen LogP contribution in [0.15, 0.2) is 58.9 Å². The highest BCUT2D eigenvalue weighted by molar-refractivity contribution is 14.1. The number of hydrogen-bond acceptors (Lipinski definition) is 2.